The van der Waals surface area contributed by atoms with E-state index in [1.165, 1.54) is 12.1 Å². The Labute approximate surface area is 107 Å². The van der Waals surface area contributed by atoms with Gasteiger partial charge in [-0.3, -0.25) is 4.55 Å². The Morgan fingerprint density at radius 1 is 1.14 bits per heavy atom. The first-order valence-corrected chi connectivity index (χ1v) is 5.42. The van der Waals surface area contributed by atoms with E-state index in [1.54, 1.807) is 12.1 Å². The summed E-state index contributed by atoms with van der Waals surface area (Å²) in [7, 11) is -4.05. The second kappa shape index (κ2) is 5.28. The molecule has 0 spiro atoms. The molecule has 1 aromatic rings. The van der Waals surface area contributed by atoms with Crippen LogP contribution in [-0.2, 0) is 10.1 Å². The van der Waals surface area contributed by atoms with Gasteiger partial charge in [-0.2, -0.15) is 8.42 Å². The van der Waals surface area contributed by atoms with Crippen LogP contribution in [0.4, 0.5) is 0 Å². The molecule has 0 fully saturated rings. The van der Waals surface area contributed by atoms with Gasteiger partial charge < -0.3 is 0 Å². The summed E-state index contributed by atoms with van der Waals surface area (Å²) >= 11 is 0. The van der Waals surface area contributed by atoms with Gasteiger partial charge in [0.15, 0.2) is 0 Å². The van der Waals surface area contributed by atoms with Gasteiger partial charge in [0.1, 0.15) is 0 Å². The minimum Gasteiger partial charge on any atom is -0.282 e. The van der Waals surface area contributed by atoms with Crippen LogP contribution in [0.1, 0.15) is 25.3 Å². The van der Waals surface area contributed by atoms with Crippen LogP contribution in [-0.4, -0.2) is 13.0 Å². The first-order valence-electron chi connectivity index (χ1n) is 3.98. The molecule has 0 saturated carbocycles. The van der Waals surface area contributed by atoms with Crippen molar-refractivity contribution < 1.29 is 42.5 Å². The van der Waals surface area contributed by atoms with E-state index >= 15 is 0 Å². The molecular weight excluding hydrogens is 211 g/mol. The van der Waals surface area contributed by atoms with Crippen molar-refractivity contribution in [1.82, 2.24) is 0 Å². The molecule has 0 heterocycles. The summed E-state index contributed by atoms with van der Waals surface area (Å²) in [5.74, 6) is 0.357. The molecular formula is C9H12NaO3S+. The largest absolute Gasteiger partial charge is 1.00 e. The van der Waals surface area contributed by atoms with Crippen molar-refractivity contribution in [3.8, 4) is 0 Å². The molecule has 0 saturated heterocycles. The van der Waals surface area contributed by atoms with E-state index < -0.39 is 10.1 Å². The molecule has 0 aliphatic rings. The molecule has 0 bridgehead atoms. The topological polar surface area (TPSA) is 54.4 Å². The average molecular weight is 223 g/mol. The van der Waals surface area contributed by atoms with Gasteiger partial charge in [0.05, 0.1) is 4.90 Å². The van der Waals surface area contributed by atoms with Gasteiger partial charge in [-0.25, -0.2) is 0 Å². The minimum atomic E-state index is -4.05. The van der Waals surface area contributed by atoms with Gasteiger partial charge in [-0.1, -0.05) is 26.0 Å². The summed E-state index contributed by atoms with van der Waals surface area (Å²) in [4.78, 5) is -0.0584. The van der Waals surface area contributed by atoms with Gasteiger partial charge in [-0.05, 0) is 23.6 Å². The van der Waals surface area contributed by atoms with E-state index in [4.69, 9.17) is 4.55 Å². The van der Waals surface area contributed by atoms with E-state index in [2.05, 4.69) is 0 Å². The summed E-state index contributed by atoms with van der Waals surface area (Å²) in [6.07, 6.45) is 0. The predicted molar refractivity (Wildman–Crippen MR) is 50.3 cm³/mol. The van der Waals surface area contributed by atoms with Gasteiger partial charge >= 0.3 is 29.6 Å². The standard InChI is InChI=1S/C9H12O3S.Na/c1-7(2)8-3-5-9(6-4-8)13(10,11)12;/h3-7H,1-2H3,(H,10,11,12);/q;+1. The molecule has 0 amide bonds. The van der Waals surface area contributed by atoms with Crippen LogP contribution in [0.3, 0.4) is 0 Å². The van der Waals surface area contributed by atoms with Crippen LogP contribution >= 0.6 is 0 Å². The quantitative estimate of drug-likeness (QED) is 0.520. The third-order valence-corrected chi connectivity index (χ3v) is 2.71. The molecule has 0 aromatic heterocycles. The van der Waals surface area contributed by atoms with Crippen LogP contribution < -0.4 is 29.6 Å². The third-order valence-electron chi connectivity index (χ3n) is 1.84. The Bertz CT molecular complexity index is 381. The second-order valence-electron chi connectivity index (χ2n) is 3.20. The number of hydrogen-bond acceptors (Lipinski definition) is 2. The number of benzene rings is 1. The van der Waals surface area contributed by atoms with Gasteiger partial charge in [0.25, 0.3) is 10.1 Å². The molecule has 72 valence electrons. The van der Waals surface area contributed by atoms with Crippen LogP contribution in [0.25, 0.3) is 0 Å². The Kier molecular flexibility index (Phi) is 5.33. The zero-order valence-electron chi connectivity index (χ0n) is 8.56. The first kappa shape index (κ1) is 14.1. The summed E-state index contributed by atoms with van der Waals surface area (Å²) in [6, 6.07) is 6.22. The van der Waals surface area contributed by atoms with Crippen molar-refractivity contribution in [2.75, 3.05) is 0 Å². The van der Waals surface area contributed by atoms with Gasteiger partial charge in [-0.15, -0.1) is 0 Å². The molecule has 1 N–H and O–H groups in total. The van der Waals surface area contributed by atoms with Crippen molar-refractivity contribution in [3.63, 3.8) is 0 Å². The molecule has 0 aliphatic heterocycles. The molecule has 0 radical (unpaired) electrons. The summed E-state index contributed by atoms with van der Waals surface area (Å²) in [5, 5.41) is 0. The van der Waals surface area contributed by atoms with E-state index in [9.17, 15) is 8.42 Å². The number of rotatable bonds is 2. The maximum Gasteiger partial charge on any atom is 1.00 e. The monoisotopic (exact) mass is 223 g/mol. The Morgan fingerprint density at radius 2 is 1.57 bits per heavy atom. The molecule has 0 aliphatic carbocycles. The van der Waals surface area contributed by atoms with Crippen LogP contribution in [0.2, 0.25) is 0 Å². The fourth-order valence-corrected chi connectivity index (χ4v) is 1.50. The molecule has 0 atom stereocenters. The molecule has 5 heteroatoms. The zero-order chi connectivity index (χ0) is 10.1. The SMILES string of the molecule is CC(C)c1ccc(S(=O)(=O)O)cc1.[Na+]. The van der Waals surface area contributed by atoms with Crippen LogP contribution in [0.5, 0.6) is 0 Å². The average Bonchev–Trinajstić information content (AvgIpc) is 2.03. The fourth-order valence-electron chi connectivity index (χ4n) is 1.02. The van der Waals surface area contributed by atoms with Crippen molar-refractivity contribution in [1.29, 1.82) is 0 Å². The number of hydrogen-bond donors (Lipinski definition) is 1. The van der Waals surface area contributed by atoms with Gasteiger partial charge in [0.2, 0.25) is 0 Å². The summed E-state index contributed by atoms with van der Waals surface area (Å²) in [5.41, 5.74) is 1.05. The molecule has 3 nitrogen and oxygen atoms in total. The van der Waals surface area contributed by atoms with Crippen LogP contribution in [0, 0.1) is 0 Å². The van der Waals surface area contributed by atoms with E-state index in [0.717, 1.165) is 5.56 Å². The Balaban J connectivity index is 0.00000169. The second-order valence-corrected chi connectivity index (χ2v) is 4.62. The summed E-state index contributed by atoms with van der Waals surface area (Å²) < 4.78 is 30.0. The minimum absolute atomic E-state index is 0. The Morgan fingerprint density at radius 3 is 1.86 bits per heavy atom. The predicted octanol–water partition coefficient (Wildman–Crippen LogP) is -0.939. The van der Waals surface area contributed by atoms with E-state index in [0.29, 0.717) is 5.92 Å². The van der Waals surface area contributed by atoms with Crippen LogP contribution in [0.15, 0.2) is 29.2 Å². The third kappa shape index (κ3) is 3.71. The van der Waals surface area contributed by atoms with Crippen molar-refractivity contribution >= 4 is 10.1 Å². The van der Waals surface area contributed by atoms with Crippen molar-refractivity contribution in [2.24, 2.45) is 0 Å². The van der Waals surface area contributed by atoms with Gasteiger partial charge in [0, 0.05) is 0 Å². The Hall–Kier alpha value is 0.130. The van der Waals surface area contributed by atoms with Crippen molar-refractivity contribution in [3.05, 3.63) is 29.8 Å². The fraction of sp³-hybridized carbons (Fsp3) is 0.333. The maximum atomic E-state index is 10.7. The maximum absolute atomic E-state index is 10.7. The molecule has 14 heavy (non-hydrogen) atoms. The van der Waals surface area contributed by atoms with E-state index in [1.807, 2.05) is 13.8 Å². The first-order chi connectivity index (χ1) is 5.91. The summed E-state index contributed by atoms with van der Waals surface area (Å²) in [6.45, 7) is 4.03. The zero-order valence-corrected chi connectivity index (χ0v) is 11.4. The smallest absolute Gasteiger partial charge is 0.282 e. The van der Waals surface area contributed by atoms with E-state index in [-0.39, 0.29) is 34.5 Å². The normalized spacial score (nSPS) is 11.1. The molecule has 1 aromatic carbocycles. The molecule has 1 rings (SSSR count). The molecule has 0 unspecified atom stereocenters. The van der Waals surface area contributed by atoms with Crippen molar-refractivity contribution in [2.45, 2.75) is 24.7 Å².